The number of aromatic nitrogens is 4. The summed E-state index contributed by atoms with van der Waals surface area (Å²) in [5.41, 5.74) is 0.626. The Kier molecular flexibility index (Phi) is 1.51. The number of rotatable bonds is 1. The lowest BCUT2D eigenvalue weighted by Crippen LogP contribution is -1.89. The predicted molar refractivity (Wildman–Crippen MR) is 41.2 cm³/mol. The number of carbonyl (C=O) groups excluding carboxylic acids is 1. The van der Waals surface area contributed by atoms with Crippen LogP contribution in [0, 0.1) is 0 Å². The molecule has 0 aliphatic carbocycles. The number of hydrogen-bond acceptors (Lipinski definition) is 4. The Hall–Kier alpha value is -1.49. The standard InChI is InChI=1S/C6H3ClN4O/c7-4-1-8-6-5(3-12)9-10-11(6)2-4/h1-3H. The molecule has 0 aliphatic rings. The van der Waals surface area contributed by atoms with Gasteiger partial charge < -0.3 is 0 Å². The molecule has 0 aromatic carbocycles. The van der Waals surface area contributed by atoms with Crippen LogP contribution in [-0.4, -0.2) is 26.1 Å². The topological polar surface area (TPSA) is 60.2 Å². The minimum Gasteiger partial charge on any atom is -0.296 e. The molecule has 60 valence electrons. The molecule has 2 rings (SSSR count). The molecule has 0 saturated carbocycles. The first kappa shape index (κ1) is 7.17. The van der Waals surface area contributed by atoms with E-state index in [1.807, 2.05) is 0 Å². The molecule has 0 saturated heterocycles. The lowest BCUT2D eigenvalue weighted by Gasteiger charge is -1.89. The van der Waals surface area contributed by atoms with E-state index < -0.39 is 0 Å². The summed E-state index contributed by atoms with van der Waals surface area (Å²) < 4.78 is 1.35. The molecule has 0 unspecified atom stereocenters. The summed E-state index contributed by atoms with van der Waals surface area (Å²) in [6.45, 7) is 0. The van der Waals surface area contributed by atoms with Gasteiger partial charge in [0.15, 0.2) is 17.6 Å². The molecular weight excluding hydrogens is 180 g/mol. The maximum atomic E-state index is 10.4. The maximum Gasteiger partial charge on any atom is 0.186 e. The maximum absolute atomic E-state index is 10.4. The monoisotopic (exact) mass is 182 g/mol. The lowest BCUT2D eigenvalue weighted by molar-refractivity contribution is 0.112. The largest absolute Gasteiger partial charge is 0.296 e. The molecule has 0 spiro atoms. The fourth-order valence-corrected chi connectivity index (χ4v) is 1.00. The quantitative estimate of drug-likeness (QED) is 0.606. The van der Waals surface area contributed by atoms with Crippen molar-refractivity contribution in [2.75, 3.05) is 0 Å². The smallest absolute Gasteiger partial charge is 0.186 e. The van der Waals surface area contributed by atoms with Crippen LogP contribution in [-0.2, 0) is 0 Å². The van der Waals surface area contributed by atoms with E-state index in [-0.39, 0.29) is 5.69 Å². The third kappa shape index (κ3) is 0.947. The number of nitrogens with zero attached hydrogens (tertiary/aromatic N) is 4. The zero-order chi connectivity index (χ0) is 8.55. The Morgan fingerprint density at radius 3 is 3.17 bits per heavy atom. The zero-order valence-electron chi connectivity index (χ0n) is 5.81. The van der Waals surface area contributed by atoms with Crippen LogP contribution in [0.1, 0.15) is 10.5 Å². The molecule has 2 aromatic rings. The highest BCUT2D eigenvalue weighted by atomic mass is 35.5. The van der Waals surface area contributed by atoms with E-state index >= 15 is 0 Å². The highest BCUT2D eigenvalue weighted by Gasteiger charge is 2.05. The third-order valence-corrected chi connectivity index (χ3v) is 1.56. The highest BCUT2D eigenvalue weighted by molar-refractivity contribution is 6.30. The van der Waals surface area contributed by atoms with E-state index in [9.17, 15) is 4.79 Å². The number of carbonyl (C=O) groups is 1. The van der Waals surface area contributed by atoms with Gasteiger partial charge in [-0.1, -0.05) is 16.8 Å². The fourth-order valence-electron chi connectivity index (χ4n) is 0.862. The third-order valence-electron chi connectivity index (χ3n) is 1.36. The first-order valence-corrected chi connectivity index (χ1v) is 3.51. The number of halogens is 1. The number of hydrogen-bond donors (Lipinski definition) is 0. The molecular formula is C6H3ClN4O. The summed E-state index contributed by atoms with van der Waals surface area (Å²) in [6, 6.07) is 0. The average molecular weight is 183 g/mol. The second-order valence-corrected chi connectivity index (χ2v) is 2.57. The summed E-state index contributed by atoms with van der Waals surface area (Å²) in [7, 11) is 0. The Morgan fingerprint density at radius 2 is 2.42 bits per heavy atom. The minimum absolute atomic E-state index is 0.215. The van der Waals surface area contributed by atoms with Crippen LogP contribution < -0.4 is 0 Å². The molecule has 0 radical (unpaired) electrons. The Balaban J connectivity index is 2.81. The van der Waals surface area contributed by atoms with Crippen molar-refractivity contribution in [3.8, 4) is 0 Å². The Morgan fingerprint density at radius 1 is 1.58 bits per heavy atom. The Bertz CT molecular complexity index is 438. The van der Waals surface area contributed by atoms with Crippen LogP contribution in [0.15, 0.2) is 12.4 Å². The number of aldehydes is 1. The minimum atomic E-state index is 0.215. The highest BCUT2D eigenvalue weighted by Crippen LogP contribution is 2.07. The molecule has 2 heterocycles. The first-order chi connectivity index (χ1) is 5.81. The van der Waals surface area contributed by atoms with Crippen LogP contribution in [0.3, 0.4) is 0 Å². The van der Waals surface area contributed by atoms with Crippen LogP contribution >= 0.6 is 11.6 Å². The summed E-state index contributed by atoms with van der Waals surface area (Å²) in [4.78, 5) is 14.3. The van der Waals surface area contributed by atoms with E-state index in [1.54, 1.807) is 0 Å². The van der Waals surface area contributed by atoms with Crippen molar-refractivity contribution >= 4 is 23.5 Å². The predicted octanol–water partition coefficient (Wildman–Crippen LogP) is 0.590. The average Bonchev–Trinajstić information content (AvgIpc) is 2.46. The van der Waals surface area contributed by atoms with Crippen molar-refractivity contribution in [3.63, 3.8) is 0 Å². The molecule has 6 heteroatoms. The van der Waals surface area contributed by atoms with Crippen LogP contribution in [0.25, 0.3) is 5.65 Å². The summed E-state index contributed by atoms with van der Waals surface area (Å²) in [5, 5.41) is 7.67. The van der Waals surface area contributed by atoms with Crippen molar-refractivity contribution in [3.05, 3.63) is 23.1 Å². The van der Waals surface area contributed by atoms with Gasteiger partial charge in [0.1, 0.15) is 0 Å². The molecule has 0 aliphatic heterocycles. The van der Waals surface area contributed by atoms with Gasteiger partial charge in [-0.3, -0.25) is 4.79 Å². The molecule has 0 bridgehead atoms. The van der Waals surface area contributed by atoms with E-state index in [0.717, 1.165) is 0 Å². The molecule has 5 nitrogen and oxygen atoms in total. The summed E-state index contributed by atoms with van der Waals surface area (Å²) in [5.74, 6) is 0. The van der Waals surface area contributed by atoms with Gasteiger partial charge in [0.05, 0.1) is 11.2 Å². The van der Waals surface area contributed by atoms with Gasteiger partial charge >= 0.3 is 0 Å². The van der Waals surface area contributed by atoms with E-state index in [1.165, 1.54) is 16.9 Å². The van der Waals surface area contributed by atoms with Gasteiger partial charge in [-0.05, 0) is 0 Å². The van der Waals surface area contributed by atoms with Gasteiger partial charge in [-0.2, -0.15) is 0 Å². The molecule has 2 aromatic heterocycles. The summed E-state index contributed by atoms with van der Waals surface area (Å²) >= 11 is 5.63. The van der Waals surface area contributed by atoms with Gasteiger partial charge in [0, 0.05) is 6.20 Å². The van der Waals surface area contributed by atoms with Gasteiger partial charge in [0.2, 0.25) is 0 Å². The second-order valence-electron chi connectivity index (χ2n) is 2.13. The normalized spacial score (nSPS) is 10.4. The Labute approximate surface area is 72.0 Å². The lowest BCUT2D eigenvalue weighted by atomic mass is 10.5. The molecule has 0 atom stereocenters. The zero-order valence-corrected chi connectivity index (χ0v) is 6.56. The van der Waals surface area contributed by atoms with E-state index in [4.69, 9.17) is 11.6 Å². The number of fused-ring (bicyclic) bond motifs is 1. The SMILES string of the molecule is O=Cc1nnn2cc(Cl)cnc12. The van der Waals surface area contributed by atoms with Gasteiger partial charge in [-0.25, -0.2) is 9.50 Å². The molecule has 0 N–H and O–H groups in total. The van der Waals surface area contributed by atoms with Crippen molar-refractivity contribution in [1.29, 1.82) is 0 Å². The van der Waals surface area contributed by atoms with Crippen LogP contribution in [0.5, 0.6) is 0 Å². The molecule has 12 heavy (non-hydrogen) atoms. The summed E-state index contributed by atoms with van der Waals surface area (Å²) in [6.07, 6.45) is 3.57. The van der Waals surface area contributed by atoms with Crippen molar-refractivity contribution in [2.24, 2.45) is 0 Å². The molecule has 0 fully saturated rings. The second kappa shape index (κ2) is 2.53. The van der Waals surface area contributed by atoms with Crippen molar-refractivity contribution < 1.29 is 4.79 Å². The van der Waals surface area contributed by atoms with Crippen molar-refractivity contribution in [2.45, 2.75) is 0 Å². The fraction of sp³-hybridized carbons (Fsp3) is 0. The van der Waals surface area contributed by atoms with E-state index in [2.05, 4.69) is 15.3 Å². The molecule has 0 amide bonds. The van der Waals surface area contributed by atoms with E-state index in [0.29, 0.717) is 17.0 Å². The van der Waals surface area contributed by atoms with Crippen LogP contribution in [0.2, 0.25) is 5.02 Å². The first-order valence-electron chi connectivity index (χ1n) is 3.13. The van der Waals surface area contributed by atoms with Crippen molar-refractivity contribution in [1.82, 2.24) is 19.8 Å². The van der Waals surface area contributed by atoms with Gasteiger partial charge in [-0.15, -0.1) is 5.10 Å². The van der Waals surface area contributed by atoms with Gasteiger partial charge in [0.25, 0.3) is 0 Å². The van der Waals surface area contributed by atoms with Crippen LogP contribution in [0.4, 0.5) is 0 Å².